The fourth-order valence-corrected chi connectivity index (χ4v) is 2.15. The molecule has 0 aliphatic carbocycles. The van der Waals surface area contributed by atoms with Crippen molar-refractivity contribution in [3.05, 3.63) is 53.2 Å². The average molecular weight is 312 g/mol. The number of anilines is 2. The van der Waals surface area contributed by atoms with E-state index in [4.69, 9.17) is 11.6 Å². The molecular formula is C14H10ClN7. The molecule has 0 atom stereocenters. The van der Waals surface area contributed by atoms with E-state index >= 15 is 0 Å². The van der Waals surface area contributed by atoms with Crippen LogP contribution in [0, 0.1) is 18.3 Å². The molecule has 108 valence electrons. The molecule has 3 rings (SSSR count). The Hall–Kier alpha value is -2.98. The molecule has 8 heteroatoms. The molecule has 7 nitrogen and oxygen atoms in total. The minimum absolute atomic E-state index is 0.130. The molecule has 0 bridgehead atoms. The van der Waals surface area contributed by atoms with Gasteiger partial charge in [0.05, 0.1) is 6.20 Å². The molecule has 22 heavy (non-hydrogen) atoms. The molecule has 0 amide bonds. The fraction of sp³-hybridized carbons (Fsp3) is 0.0714. The highest BCUT2D eigenvalue weighted by atomic mass is 35.5. The summed E-state index contributed by atoms with van der Waals surface area (Å²) in [6.45, 7) is 1.81. The lowest BCUT2D eigenvalue weighted by Crippen LogP contribution is -2.06. The van der Waals surface area contributed by atoms with Gasteiger partial charge in [-0.05, 0) is 30.7 Å². The highest BCUT2D eigenvalue weighted by Gasteiger charge is 2.14. The van der Waals surface area contributed by atoms with Crippen LogP contribution in [0.5, 0.6) is 0 Å². The van der Waals surface area contributed by atoms with Gasteiger partial charge in [0.1, 0.15) is 17.5 Å². The number of hydrogen-bond acceptors (Lipinski definition) is 6. The molecule has 3 aromatic heterocycles. The fourth-order valence-electron chi connectivity index (χ4n) is 1.92. The first-order valence-electron chi connectivity index (χ1n) is 6.35. The number of halogens is 1. The van der Waals surface area contributed by atoms with Crippen LogP contribution in [0.25, 0.3) is 5.82 Å². The van der Waals surface area contributed by atoms with Crippen molar-refractivity contribution in [1.29, 1.82) is 5.26 Å². The van der Waals surface area contributed by atoms with E-state index in [2.05, 4.69) is 31.4 Å². The molecule has 0 aliphatic rings. The number of aryl methyl sites for hydroxylation is 1. The van der Waals surface area contributed by atoms with Gasteiger partial charge in [-0.2, -0.15) is 15.0 Å². The third-order valence-corrected chi connectivity index (χ3v) is 3.00. The molecule has 0 fully saturated rings. The Kier molecular flexibility index (Phi) is 3.68. The van der Waals surface area contributed by atoms with Crippen molar-refractivity contribution in [3.8, 4) is 11.9 Å². The Labute approximate surface area is 131 Å². The molecule has 0 saturated heterocycles. The Morgan fingerprint density at radius 3 is 2.86 bits per heavy atom. The van der Waals surface area contributed by atoms with Crippen LogP contribution in [-0.2, 0) is 0 Å². The quantitative estimate of drug-likeness (QED) is 0.747. The van der Waals surface area contributed by atoms with Crippen LogP contribution in [0.1, 0.15) is 11.3 Å². The Morgan fingerprint density at radius 1 is 1.32 bits per heavy atom. The van der Waals surface area contributed by atoms with Gasteiger partial charge in [0.2, 0.25) is 5.28 Å². The van der Waals surface area contributed by atoms with Crippen molar-refractivity contribution >= 4 is 23.2 Å². The average Bonchev–Trinajstić information content (AvgIpc) is 2.90. The number of hydrogen-bond donors (Lipinski definition) is 1. The number of rotatable bonds is 3. The number of nitrogens with zero attached hydrogens (tertiary/aromatic N) is 6. The summed E-state index contributed by atoms with van der Waals surface area (Å²) in [6, 6.07) is 9.24. The molecular weight excluding hydrogens is 302 g/mol. The van der Waals surface area contributed by atoms with Gasteiger partial charge in [0.15, 0.2) is 11.6 Å². The van der Waals surface area contributed by atoms with Gasteiger partial charge in [-0.15, -0.1) is 0 Å². The predicted octanol–water partition coefficient (Wildman–Crippen LogP) is 2.63. The third kappa shape index (κ3) is 2.73. The van der Waals surface area contributed by atoms with Gasteiger partial charge in [0.25, 0.3) is 0 Å². The molecule has 0 aromatic carbocycles. The van der Waals surface area contributed by atoms with Crippen LogP contribution in [0.3, 0.4) is 0 Å². The number of nitriles is 1. The Morgan fingerprint density at radius 2 is 2.18 bits per heavy atom. The minimum atomic E-state index is 0.130. The predicted molar refractivity (Wildman–Crippen MR) is 81.1 cm³/mol. The van der Waals surface area contributed by atoms with Crippen LogP contribution in [0.15, 0.2) is 36.7 Å². The van der Waals surface area contributed by atoms with Crippen molar-refractivity contribution in [2.75, 3.05) is 5.32 Å². The van der Waals surface area contributed by atoms with Crippen molar-refractivity contribution in [1.82, 2.24) is 24.7 Å². The summed E-state index contributed by atoms with van der Waals surface area (Å²) in [6.07, 6.45) is 3.12. The summed E-state index contributed by atoms with van der Waals surface area (Å²) < 4.78 is 1.53. The van der Waals surface area contributed by atoms with E-state index in [9.17, 15) is 5.26 Å². The molecule has 0 unspecified atom stereocenters. The van der Waals surface area contributed by atoms with E-state index in [1.165, 1.54) is 10.9 Å². The lowest BCUT2D eigenvalue weighted by molar-refractivity contribution is 0.853. The van der Waals surface area contributed by atoms with Crippen molar-refractivity contribution in [2.24, 2.45) is 0 Å². The zero-order chi connectivity index (χ0) is 15.5. The first-order chi connectivity index (χ1) is 10.7. The smallest absolute Gasteiger partial charge is 0.224 e. The van der Waals surface area contributed by atoms with Crippen LogP contribution in [0.2, 0.25) is 5.28 Å². The molecule has 0 saturated carbocycles. The SMILES string of the molecule is Cc1cc(Nc2c(C#N)cnn2-c2ccccn2)nc(Cl)n1. The lowest BCUT2D eigenvalue weighted by Gasteiger charge is -2.09. The zero-order valence-electron chi connectivity index (χ0n) is 11.5. The van der Waals surface area contributed by atoms with Crippen LogP contribution < -0.4 is 5.32 Å². The summed E-state index contributed by atoms with van der Waals surface area (Å²) in [5, 5.41) is 16.6. The summed E-state index contributed by atoms with van der Waals surface area (Å²) in [7, 11) is 0. The summed E-state index contributed by atoms with van der Waals surface area (Å²) >= 11 is 5.86. The summed E-state index contributed by atoms with van der Waals surface area (Å²) in [5.74, 6) is 1.53. The largest absolute Gasteiger partial charge is 0.324 e. The van der Waals surface area contributed by atoms with Crippen LogP contribution >= 0.6 is 11.6 Å². The first kappa shape index (κ1) is 14.0. The molecule has 0 aliphatic heterocycles. The van der Waals surface area contributed by atoms with E-state index in [0.29, 0.717) is 28.7 Å². The molecule has 3 aromatic rings. The third-order valence-electron chi connectivity index (χ3n) is 2.83. The number of aromatic nitrogens is 5. The monoisotopic (exact) mass is 311 g/mol. The van der Waals surface area contributed by atoms with E-state index in [0.717, 1.165) is 0 Å². The minimum Gasteiger partial charge on any atom is -0.324 e. The van der Waals surface area contributed by atoms with Gasteiger partial charge in [-0.3, -0.25) is 0 Å². The van der Waals surface area contributed by atoms with E-state index in [1.807, 2.05) is 6.07 Å². The second kappa shape index (κ2) is 5.79. The molecule has 1 N–H and O–H groups in total. The van der Waals surface area contributed by atoms with E-state index < -0.39 is 0 Å². The maximum absolute atomic E-state index is 9.24. The maximum atomic E-state index is 9.24. The van der Waals surface area contributed by atoms with Gasteiger partial charge >= 0.3 is 0 Å². The molecule has 0 radical (unpaired) electrons. The van der Waals surface area contributed by atoms with Crippen molar-refractivity contribution < 1.29 is 0 Å². The van der Waals surface area contributed by atoms with Crippen LogP contribution in [-0.4, -0.2) is 24.7 Å². The first-order valence-corrected chi connectivity index (χ1v) is 6.73. The lowest BCUT2D eigenvalue weighted by atomic mass is 10.3. The second-order valence-corrected chi connectivity index (χ2v) is 4.75. The normalized spacial score (nSPS) is 10.2. The van der Waals surface area contributed by atoms with Crippen molar-refractivity contribution in [3.63, 3.8) is 0 Å². The van der Waals surface area contributed by atoms with Crippen LogP contribution in [0.4, 0.5) is 11.6 Å². The summed E-state index contributed by atoms with van der Waals surface area (Å²) in [5.41, 5.74) is 1.09. The van der Waals surface area contributed by atoms with Gasteiger partial charge < -0.3 is 5.32 Å². The number of pyridine rings is 1. The highest BCUT2D eigenvalue weighted by Crippen LogP contribution is 2.22. The van der Waals surface area contributed by atoms with E-state index in [-0.39, 0.29) is 5.28 Å². The standard InChI is InChI=1S/C14H10ClN7/c1-9-6-11(21-14(15)19-9)20-13-10(7-16)8-18-22(13)12-4-2-3-5-17-12/h2-6,8H,1H3,(H,19,20,21). The number of nitrogens with one attached hydrogen (secondary N) is 1. The Balaban J connectivity index is 2.06. The Bertz CT molecular complexity index is 831. The summed E-state index contributed by atoms with van der Waals surface area (Å²) in [4.78, 5) is 12.3. The van der Waals surface area contributed by atoms with Gasteiger partial charge in [0, 0.05) is 18.0 Å². The highest BCUT2D eigenvalue weighted by molar-refractivity contribution is 6.28. The van der Waals surface area contributed by atoms with Gasteiger partial charge in [-0.1, -0.05) is 6.07 Å². The van der Waals surface area contributed by atoms with Gasteiger partial charge in [-0.25, -0.2) is 15.0 Å². The second-order valence-electron chi connectivity index (χ2n) is 4.41. The molecule has 3 heterocycles. The zero-order valence-corrected chi connectivity index (χ0v) is 12.3. The molecule has 0 spiro atoms. The van der Waals surface area contributed by atoms with Crippen molar-refractivity contribution in [2.45, 2.75) is 6.92 Å². The maximum Gasteiger partial charge on any atom is 0.224 e. The topological polar surface area (TPSA) is 92.3 Å². The van der Waals surface area contributed by atoms with E-state index in [1.54, 1.807) is 31.3 Å².